The Hall–Kier alpha value is -1.78. The van der Waals surface area contributed by atoms with Crippen LogP contribution in [0.25, 0.3) is 6.20 Å². The predicted octanol–water partition coefficient (Wildman–Crippen LogP) is 0.709. The highest BCUT2D eigenvalue weighted by Gasteiger charge is 2.29. The molecule has 5 heteroatoms. The summed E-state index contributed by atoms with van der Waals surface area (Å²) < 4.78 is 1.97. The van der Waals surface area contributed by atoms with Gasteiger partial charge in [-0.1, -0.05) is 0 Å². The molecule has 4 rings (SSSR count). The second-order valence-electron chi connectivity index (χ2n) is 3.18. The molecule has 3 aliphatic rings. The van der Waals surface area contributed by atoms with Gasteiger partial charge in [0, 0.05) is 12.4 Å². The molecule has 5 nitrogen and oxygen atoms in total. The van der Waals surface area contributed by atoms with Gasteiger partial charge in [0.15, 0.2) is 0 Å². The Morgan fingerprint density at radius 1 is 1.54 bits per heavy atom. The Labute approximate surface area is 73.9 Å². The van der Waals surface area contributed by atoms with Gasteiger partial charge in [0.1, 0.15) is 5.82 Å². The van der Waals surface area contributed by atoms with Gasteiger partial charge in [-0.05, 0) is 0 Å². The largest absolute Gasteiger partial charge is 0.465 e. The van der Waals surface area contributed by atoms with Crippen molar-refractivity contribution in [1.29, 1.82) is 0 Å². The van der Waals surface area contributed by atoms with Crippen LogP contribution in [0.3, 0.4) is 0 Å². The molecule has 1 aromatic rings. The van der Waals surface area contributed by atoms with E-state index in [1.54, 1.807) is 12.4 Å². The number of amides is 1. The van der Waals surface area contributed by atoms with Crippen LogP contribution in [0.5, 0.6) is 0 Å². The van der Waals surface area contributed by atoms with Gasteiger partial charge in [-0.25, -0.2) is 9.78 Å². The molecular formula is C8H7N3O2. The Balaban J connectivity index is 2.04. The van der Waals surface area contributed by atoms with E-state index in [-0.39, 0.29) is 0 Å². The molecule has 1 N–H and O–H groups in total. The topological polar surface area (TPSA) is 58.4 Å². The molecule has 4 heterocycles. The van der Waals surface area contributed by atoms with Crippen LogP contribution in [0.2, 0.25) is 0 Å². The van der Waals surface area contributed by atoms with Gasteiger partial charge in [-0.15, -0.1) is 0 Å². The Bertz CT molecular complexity index is 433. The Morgan fingerprint density at radius 3 is 3.00 bits per heavy atom. The molecule has 0 aliphatic carbocycles. The summed E-state index contributed by atoms with van der Waals surface area (Å²) in [6.45, 7) is 0.425. The Kier molecular flexibility index (Phi) is 0.995. The number of hydrogen-bond donors (Lipinski definition) is 1. The summed E-state index contributed by atoms with van der Waals surface area (Å²) >= 11 is 0. The lowest BCUT2D eigenvalue weighted by Crippen LogP contribution is -2.26. The van der Waals surface area contributed by atoms with Gasteiger partial charge in [0.05, 0.1) is 24.4 Å². The van der Waals surface area contributed by atoms with Gasteiger partial charge in [0.25, 0.3) is 0 Å². The van der Waals surface area contributed by atoms with Crippen LogP contribution in [0.15, 0.2) is 6.20 Å². The fraction of sp³-hybridized carbons (Fsp3) is 0.250. The second kappa shape index (κ2) is 1.93. The summed E-state index contributed by atoms with van der Waals surface area (Å²) in [5.74, 6) is 1.03. The molecule has 2 bridgehead atoms. The van der Waals surface area contributed by atoms with Crippen LogP contribution in [0, 0.1) is 0 Å². The molecule has 0 spiro atoms. The van der Waals surface area contributed by atoms with E-state index in [4.69, 9.17) is 5.11 Å². The van der Waals surface area contributed by atoms with E-state index in [1.165, 1.54) is 4.90 Å². The lowest BCUT2D eigenvalue weighted by Gasteiger charge is -2.18. The van der Waals surface area contributed by atoms with Gasteiger partial charge in [-0.3, -0.25) is 4.90 Å². The first kappa shape index (κ1) is 6.71. The molecule has 0 unspecified atom stereocenters. The van der Waals surface area contributed by atoms with E-state index in [9.17, 15) is 4.79 Å². The van der Waals surface area contributed by atoms with Gasteiger partial charge >= 0.3 is 6.09 Å². The van der Waals surface area contributed by atoms with Crippen LogP contribution < -0.4 is 0 Å². The summed E-state index contributed by atoms with van der Waals surface area (Å²) in [6, 6.07) is 0. The lowest BCUT2D eigenvalue weighted by atomic mass is 10.2. The van der Waals surface area contributed by atoms with E-state index in [1.807, 2.05) is 4.57 Å². The molecule has 0 saturated heterocycles. The molecule has 66 valence electrons. The van der Waals surface area contributed by atoms with Crippen molar-refractivity contribution in [2.24, 2.45) is 0 Å². The normalized spacial score (nSPS) is 16.8. The fourth-order valence-electron chi connectivity index (χ4n) is 1.73. The van der Waals surface area contributed by atoms with Crippen molar-refractivity contribution in [1.82, 2.24) is 14.5 Å². The maximum atomic E-state index is 10.7. The minimum absolute atomic E-state index is 0.425. The van der Waals surface area contributed by atoms with Gasteiger partial charge < -0.3 is 9.67 Å². The maximum absolute atomic E-state index is 10.7. The number of imidazole rings is 1. The van der Waals surface area contributed by atoms with Crippen LogP contribution in [-0.2, 0) is 13.0 Å². The van der Waals surface area contributed by atoms with Gasteiger partial charge in [0.2, 0.25) is 0 Å². The molecule has 13 heavy (non-hydrogen) atoms. The van der Waals surface area contributed by atoms with E-state index in [0.29, 0.717) is 6.54 Å². The summed E-state index contributed by atoms with van der Waals surface area (Å²) in [5.41, 5.74) is 2.05. The minimum Gasteiger partial charge on any atom is -0.465 e. The van der Waals surface area contributed by atoms with E-state index < -0.39 is 6.09 Å². The third-order valence-electron chi connectivity index (χ3n) is 2.45. The van der Waals surface area contributed by atoms with Crippen LogP contribution in [0.1, 0.15) is 17.2 Å². The summed E-state index contributed by atoms with van der Waals surface area (Å²) in [6.07, 6.45) is 3.30. The monoisotopic (exact) mass is 177 g/mol. The summed E-state index contributed by atoms with van der Waals surface area (Å²) in [7, 11) is 0. The molecule has 0 atom stereocenters. The highest BCUT2D eigenvalue weighted by molar-refractivity contribution is 5.68. The standard InChI is InChI=1S/C8H7N3O2/c12-8(13)10-1-2-11-6(4-10)5-3-7(11)9-5/h1-2H,3-4H2,(H,12,13). The van der Waals surface area contributed by atoms with Crippen LogP contribution in [0.4, 0.5) is 4.79 Å². The highest BCUT2D eigenvalue weighted by atomic mass is 16.4. The van der Waals surface area contributed by atoms with E-state index >= 15 is 0 Å². The van der Waals surface area contributed by atoms with Crippen LogP contribution in [-0.4, -0.2) is 25.7 Å². The zero-order valence-corrected chi connectivity index (χ0v) is 6.77. The average Bonchev–Trinajstić information content (AvgIpc) is 2.53. The molecule has 0 fully saturated rings. The lowest BCUT2D eigenvalue weighted by molar-refractivity contribution is 0.159. The number of nitrogens with zero attached hydrogens (tertiary/aromatic N) is 3. The molecule has 0 radical (unpaired) electrons. The quantitative estimate of drug-likeness (QED) is 0.644. The van der Waals surface area contributed by atoms with Crippen molar-refractivity contribution in [3.05, 3.63) is 23.4 Å². The Morgan fingerprint density at radius 2 is 2.31 bits per heavy atom. The second-order valence-corrected chi connectivity index (χ2v) is 3.18. The van der Waals surface area contributed by atoms with Crippen molar-refractivity contribution >= 4 is 12.3 Å². The zero-order valence-electron chi connectivity index (χ0n) is 6.77. The zero-order chi connectivity index (χ0) is 9.00. The molecule has 0 aromatic carbocycles. The first-order chi connectivity index (χ1) is 6.25. The first-order valence-electron chi connectivity index (χ1n) is 4.02. The van der Waals surface area contributed by atoms with Crippen LogP contribution >= 0.6 is 0 Å². The van der Waals surface area contributed by atoms with Crippen molar-refractivity contribution in [2.45, 2.75) is 13.0 Å². The van der Waals surface area contributed by atoms with Crippen molar-refractivity contribution < 1.29 is 9.90 Å². The van der Waals surface area contributed by atoms with Crippen molar-refractivity contribution in [2.75, 3.05) is 0 Å². The molecule has 3 aliphatic heterocycles. The van der Waals surface area contributed by atoms with Crippen molar-refractivity contribution in [3.63, 3.8) is 0 Å². The molecule has 1 aromatic heterocycles. The number of aromatic nitrogens is 2. The third-order valence-corrected chi connectivity index (χ3v) is 2.45. The number of rotatable bonds is 0. The summed E-state index contributed by atoms with van der Waals surface area (Å²) in [4.78, 5) is 16.1. The molecular weight excluding hydrogens is 170 g/mol. The number of hydrogen-bond acceptors (Lipinski definition) is 2. The fourth-order valence-corrected chi connectivity index (χ4v) is 1.73. The average molecular weight is 177 g/mol. The highest BCUT2D eigenvalue weighted by Crippen LogP contribution is 2.28. The minimum atomic E-state index is -0.918. The predicted molar refractivity (Wildman–Crippen MR) is 43.9 cm³/mol. The smallest absolute Gasteiger partial charge is 0.411 e. The van der Waals surface area contributed by atoms with Crippen molar-refractivity contribution in [3.8, 4) is 0 Å². The molecule has 0 saturated carbocycles. The van der Waals surface area contributed by atoms with E-state index in [0.717, 1.165) is 23.6 Å². The summed E-state index contributed by atoms with van der Waals surface area (Å²) in [5, 5.41) is 8.75. The molecule has 1 amide bonds. The van der Waals surface area contributed by atoms with E-state index in [2.05, 4.69) is 4.98 Å². The number of carboxylic acid groups (broad SMARTS) is 1. The first-order valence-corrected chi connectivity index (χ1v) is 4.02. The SMILES string of the molecule is O=C(O)N1C=Cn2c3nc(c2C1)C3. The number of carbonyl (C=O) groups is 1. The van der Waals surface area contributed by atoms with Gasteiger partial charge in [-0.2, -0.15) is 0 Å². The maximum Gasteiger partial charge on any atom is 0.411 e. The third kappa shape index (κ3) is 0.708.